The molecular formula is C21H24N4O3S. The van der Waals surface area contributed by atoms with Crippen LogP contribution in [0.15, 0.2) is 53.4 Å². The number of benzene rings is 2. The van der Waals surface area contributed by atoms with Crippen LogP contribution in [-0.2, 0) is 16.4 Å². The van der Waals surface area contributed by atoms with Crippen molar-refractivity contribution in [1.82, 2.24) is 14.3 Å². The van der Waals surface area contributed by atoms with E-state index in [2.05, 4.69) is 11.8 Å². The first-order chi connectivity index (χ1) is 14.0. The number of sulfonamides is 1. The van der Waals surface area contributed by atoms with Crippen LogP contribution in [0.25, 0.3) is 11.0 Å². The van der Waals surface area contributed by atoms with Crippen LogP contribution in [0.2, 0.25) is 0 Å². The third-order valence-electron chi connectivity index (χ3n) is 5.19. The van der Waals surface area contributed by atoms with Crippen molar-refractivity contribution in [3.8, 4) is 5.75 Å². The number of methoxy groups -OCH3 is 1. The minimum absolute atomic E-state index is 0.284. The van der Waals surface area contributed by atoms with Gasteiger partial charge in [0.25, 0.3) is 0 Å². The third-order valence-corrected chi connectivity index (χ3v) is 7.10. The van der Waals surface area contributed by atoms with Crippen molar-refractivity contribution in [3.63, 3.8) is 0 Å². The molecule has 1 aromatic heterocycles. The number of ether oxygens (including phenoxy) is 1. The molecule has 8 heteroatoms. The topological polar surface area (TPSA) is 75.6 Å². The third kappa shape index (κ3) is 3.77. The number of nitrogens with zero attached hydrogens (tertiary/aromatic N) is 4. The molecule has 1 aliphatic heterocycles. The first kappa shape index (κ1) is 19.6. The summed E-state index contributed by atoms with van der Waals surface area (Å²) in [6.45, 7) is 4.04. The smallest absolute Gasteiger partial charge is 0.243 e. The Bertz CT molecular complexity index is 1110. The predicted molar refractivity (Wildman–Crippen MR) is 113 cm³/mol. The van der Waals surface area contributed by atoms with Gasteiger partial charge < -0.3 is 9.64 Å². The second-order valence-corrected chi connectivity index (χ2v) is 8.84. The molecule has 0 saturated carbocycles. The number of para-hydroxylation sites is 2. The number of aromatic nitrogens is 2. The number of anilines is 1. The van der Waals surface area contributed by atoms with Crippen LogP contribution in [0.1, 0.15) is 12.6 Å². The number of aryl methyl sites for hydroxylation is 1. The Morgan fingerprint density at radius 2 is 1.55 bits per heavy atom. The van der Waals surface area contributed by atoms with Crippen molar-refractivity contribution >= 4 is 26.9 Å². The van der Waals surface area contributed by atoms with Crippen molar-refractivity contribution in [3.05, 3.63) is 54.2 Å². The van der Waals surface area contributed by atoms with Gasteiger partial charge >= 0.3 is 0 Å². The molecule has 1 saturated heterocycles. The maximum Gasteiger partial charge on any atom is 0.243 e. The van der Waals surface area contributed by atoms with Gasteiger partial charge in [0, 0.05) is 26.2 Å². The molecule has 0 spiro atoms. The van der Waals surface area contributed by atoms with E-state index in [0.29, 0.717) is 31.9 Å². The molecular weight excluding hydrogens is 388 g/mol. The van der Waals surface area contributed by atoms with Gasteiger partial charge in [-0.1, -0.05) is 19.1 Å². The Labute approximate surface area is 171 Å². The zero-order chi connectivity index (χ0) is 20.4. The van der Waals surface area contributed by atoms with Crippen molar-refractivity contribution in [1.29, 1.82) is 0 Å². The maximum absolute atomic E-state index is 13.0. The lowest BCUT2D eigenvalue weighted by molar-refractivity contribution is 0.383. The Balaban J connectivity index is 1.54. The van der Waals surface area contributed by atoms with Gasteiger partial charge in [0.05, 0.1) is 28.7 Å². The van der Waals surface area contributed by atoms with Gasteiger partial charge in [-0.05, 0) is 42.8 Å². The Morgan fingerprint density at radius 3 is 2.14 bits per heavy atom. The molecule has 7 nitrogen and oxygen atoms in total. The van der Waals surface area contributed by atoms with E-state index < -0.39 is 10.0 Å². The highest BCUT2D eigenvalue weighted by molar-refractivity contribution is 7.89. The summed E-state index contributed by atoms with van der Waals surface area (Å²) in [5.74, 6) is 1.49. The number of piperazine rings is 1. The standard InChI is InChI=1S/C21H24N4O3S/c1-3-18-21(23-20-7-5-4-6-19(20)22-18)24-12-14-25(15-13-24)29(26,27)17-10-8-16(28-2)9-11-17/h4-11H,3,12-15H2,1-2H3. The molecule has 0 amide bonds. The van der Waals surface area contributed by atoms with Gasteiger partial charge in [0.2, 0.25) is 10.0 Å². The lowest BCUT2D eigenvalue weighted by Crippen LogP contribution is -2.49. The highest BCUT2D eigenvalue weighted by Gasteiger charge is 2.29. The Hall–Kier alpha value is -2.71. The summed E-state index contributed by atoms with van der Waals surface area (Å²) < 4.78 is 32.6. The highest BCUT2D eigenvalue weighted by atomic mass is 32.2. The van der Waals surface area contributed by atoms with E-state index in [9.17, 15) is 8.42 Å². The molecule has 2 aromatic carbocycles. The molecule has 1 aliphatic rings. The monoisotopic (exact) mass is 412 g/mol. The minimum atomic E-state index is -3.53. The van der Waals surface area contributed by atoms with Crippen LogP contribution in [-0.4, -0.2) is 56.0 Å². The average Bonchev–Trinajstić information content (AvgIpc) is 2.78. The van der Waals surface area contributed by atoms with Crippen molar-refractivity contribution in [2.24, 2.45) is 0 Å². The van der Waals surface area contributed by atoms with Crippen LogP contribution in [0, 0.1) is 0 Å². The second kappa shape index (κ2) is 7.96. The minimum Gasteiger partial charge on any atom is -0.497 e. The van der Waals surface area contributed by atoms with Crippen LogP contribution in [0.4, 0.5) is 5.82 Å². The number of fused-ring (bicyclic) bond motifs is 1. The molecule has 152 valence electrons. The van der Waals surface area contributed by atoms with Crippen molar-refractivity contribution < 1.29 is 13.2 Å². The van der Waals surface area contributed by atoms with Crippen molar-refractivity contribution in [2.75, 3.05) is 38.2 Å². The fraction of sp³-hybridized carbons (Fsp3) is 0.333. The molecule has 0 atom stereocenters. The summed E-state index contributed by atoms with van der Waals surface area (Å²) in [7, 11) is -1.97. The molecule has 0 aliphatic carbocycles. The number of hydrogen-bond acceptors (Lipinski definition) is 6. The molecule has 1 fully saturated rings. The zero-order valence-electron chi connectivity index (χ0n) is 16.6. The quantitative estimate of drug-likeness (QED) is 0.641. The fourth-order valence-electron chi connectivity index (χ4n) is 3.55. The molecule has 0 bridgehead atoms. The van der Waals surface area contributed by atoms with E-state index in [-0.39, 0.29) is 4.90 Å². The first-order valence-electron chi connectivity index (χ1n) is 9.67. The molecule has 2 heterocycles. The zero-order valence-corrected chi connectivity index (χ0v) is 17.4. The highest BCUT2D eigenvalue weighted by Crippen LogP contribution is 2.25. The largest absolute Gasteiger partial charge is 0.497 e. The summed E-state index contributed by atoms with van der Waals surface area (Å²) in [5.41, 5.74) is 2.68. The lowest BCUT2D eigenvalue weighted by atomic mass is 10.2. The van der Waals surface area contributed by atoms with Crippen LogP contribution >= 0.6 is 0 Å². The van der Waals surface area contributed by atoms with Gasteiger partial charge in [0.1, 0.15) is 5.75 Å². The van der Waals surface area contributed by atoms with E-state index >= 15 is 0 Å². The van der Waals surface area contributed by atoms with Crippen LogP contribution in [0.3, 0.4) is 0 Å². The predicted octanol–water partition coefficient (Wildman–Crippen LogP) is 2.71. The van der Waals surface area contributed by atoms with E-state index in [1.807, 2.05) is 24.3 Å². The van der Waals surface area contributed by atoms with Gasteiger partial charge in [-0.2, -0.15) is 4.31 Å². The Kier molecular flexibility index (Phi) is 5.38. The molecule has 29 heavy (non-hydrogen) atoms. The van der Waals surface area contributed by atoms with Crippen molar-refractivity contribution in [2.45, 2.75) is 18.2 Å². The maximum atomic E-state index is 13.0. The summed E-state index contributed by atoms with van der Waals surface area (Å²) in [6, 6.07) is 14.3. The summed E-state index contributed by atoms with van der Waals surface area (Å²) >= 11 is 0. The van der Waals surface area contributed by atoms with Gasteiger partial charge in [-0.3, -0.25) is 0 Å². The Morgan fingerprint density at radius 1 is 0.931 bits per heavy atom. The lowest BCUT2D eigenvalue weighted by Gasteiger charge is -2.35. The summed E-state index contributed by atoms with van der Waals surface area (Å²) in [5, 5.41) is 0. The average molecular weight is 413 g/mol. The fourth-order valence-corrected chi connectivity index (χ4v) is 4.98. The number of rotatable bonds is 5. The van der Waals surface area contributed by atoms with Crippen LogP contribution in [0.5, 0.6) is 5.75 Å². The second-order valence-electron chi connectivity index (χ2n) is 6.90. The normalized spacial score (nSPS) is 15.6. The first-order valence-corrected chi connectivity index (χ1v) is 11.1. The van der Waals surface area contributed by atoms with E-state index in [1.54, 1.807) is 31.4 Å². The van der Waals surface area contributed by atoms with Crippen LogP contribution < -0.4 is 9.64 Å². The van der Waals surface area contributed by atoms with Gasteiger partial charge in [-0.25, -0.2) is 18.4 Å². The molecule has 4 rings (SSSR count). The molecule has 3 aromatic rings. The SMILES string of the molecule is CCc1nc2ccccc2nc1N1CCN(S(=O)(=O)c2ccc(OC)cc2)CC1. The van der Waals surface area contributed by atoms with Gasteiger partial charge in [0.15, 0.2) is 5.82 Å². The van der Waals surface area contributed by atoms with Gasteiger partial charge in [-0.15, -0.1) is 0 Å². The molecule has 0 N–H and O–H groups in total. The number of hydrogen-bond donors (Lipinski definition) is 0. The molecule has 0 radical (unpaired) electrons. The van der Waals surface area contributed by atoms with E-state index in [4.69, 9.17) is 14.7 Å². The summed E-state index contributed by atoms with van der Waals surface area (Å²) in [4.78, 5) is 12.0. The van der Waals surface area contributed by atoms with E-state index in [0.717, 1.165) is 29.0 Å². The molecule has 0 unspecified atom stereocenters. The van der Waals surface area contributed by atoms with E-state index in [1.165, 1.54) is 4.31 Å². The summed E-state index contributed by atoms with van der Waals surface area (Å²) in [6.07, 6.45) is 0.775.